The molecular formula is C19H38O6S2. The third kappa shape index (κ3) is 21.7. The fraction of sp³-hybridized carbons (Fsp3) is 0.895. The van der Waals surface area contributed by atoms with Gasteiger partial charge in [-0.25, -0.2) is 0 Å². The van der Waals surface area contributed by atoms with Gasteiger partial charge in [0.2, 0.25) is 0 Å². The molecular weight excluding hydrogens is 388 g/mol. The summed E-state index contributed by atoms with van der Waals surface area (Å²) in [7, 11) is -7.25. The Morgan fingerprint density at radius 1 is 0.741 bits per heavy atom. The second kappa shape index (κ2) is 15.5. The molecule has 0 unspecified atom stereocenters. The van der Waals surface area contributed by atoms with E-state index in [0.29, 0.717) is 6.42 Å². The zero-order valence-electron chi connectivity index (χ0n) is 17.2. The van der Waals surface area contributed by atoms with Gasteiger partial charge < -0.3 is 0 Å². The van der Waals surface area contributed by atoms with Gasteiger partial charge >= 0.3 is 0 Å². The van der Waals surface area contributed by atoms with Gasteiger partial charge in [0.15, 0.2) is 0 Å². The quantitative estimate of drug-likeness (QED) is 0.181. The lowest BCUT2D eigenvalue weighted by Crippen LogP contribution is -2.24. The Labute approximate surface area is 167 Å². The average molecular weight is 427 g/mol. The zero-order valence-corrected chi connectivity index (χ0v) is 18.8. The van der Waals surface area contributed by atoms with E-state index in [4.69, 9.17) is 4.18 Å². The van der Waals surface area contributed by atoms with Crippen LogP contribution in [0.15, 0.2) is 12.2 Å². The largest absolute Gasteiger partial charge is 0.268 e. The van der Waals surface area contributed by atoms with E-state index in [2.05, 4.69) is 23.3 Å². The highest BCUT2D eigenvalue weighted by atomic mass is 32.2. The lowest BCUT2D eigenvalue weighted by Gasteiger charge is -2.15. The van der Waals surface area contributed by atoms with Crippen molar-refractivity contribution in [3.8, 4) is 0 Å². The van der Waals surface area contributed by atoms with Gasteiger partial charge in [0.05, 0.1) is 19.1 Å². The van der Waals surface area contributed by atoms with Crippen LogP contribution >= 0.6 is 0 Å². The first-order chi connectivity index (χ1) is 12.6. The zero-order chi connectivity index (χ0) is 20.6. The Morgan fingerprint density at radius 3 is 1.78 bits per heavy atom. The molecule has 0 spiro atoms. The summed E-state index contributed by atoms with van der Waals surface area (Å²) in [4.78, 5) is 0. The fourth-order valence-electron chi connectivity index (χ4n) is 2.68. The van der Waals surface area contributed by atoms with Crippen molar-refractivity contribution >= 4 is 20.2 Å². The highest BCUT2D eigenvalue weighted by molar-refractivity contribution is 7.86. The summed E-state index contributed by atoms with van der Waals surface area (Å²) >= 11 is 0. The van der Waals surface area contributed by atoms with E-state index >= 15 is 0 Å². The minimum atomic E-state index is -3.64. The number of hydrogen-bond acceptors (Lipinski definition) is 6. The molecule has 27 heavy (non-hydrogen) atoms. The van der Waals surface area contributed by atoms with Crippen LogP contribution in [0.5, 0.6) is 0 Å². The molecule has 0 aliphatic carbocycles. The highest BCUT2D eigenvalue weighted by Crippen LogP contribution is 2.14. The minimum Gasteiger partial charge on any atom is -0.268 e. The topological polar surface area (TPSA) is 86.7 Å². The third-order valence-electron chi connectivity index (χ3n) is 4.07. The fourth-order valence-corrected chi connectivity index (χ4v) is 3.73. The Balaban J connectivity index is 3.77. The number of rotatable bonds is 18. The van der Waals surface area contributed by atoms with Crippen molar-refractivity contribution in [1.29, 1.82) is 0 Å². The van der Waals surface area contributed by atoms with Gasteiger partial charge in [-0.1, -0.05) is 70.4 Å². The van der Waals surface area contributed by atoms with E-state index in [1.54, 1.807) is 0 Å². The molecule has 0 aromatic rings. The van der Waals surface area contributed by atoms with E-state index in [0.717, 1.165) is 44.6 Å². The third-order valence-corrected chi connectivity index (χ3v) is 5.25. The average Bonchev–Trinajstić information content (AvgIpc) is 2.54. The predicted molar refractivity (Wildman–Crippen MR) is 111 cm³/mol. The number of allylic oxidation sites excluding steroid dienone is 2. The molecule has 0 aromatic heterocycles. The highest BCUT2D eigenvalue weighted by Gasteiger charge is 2.18. The molecule has 0 bridgehead atoms. The first-order valence-corrected chi connectivity index (χ1v) is 13.6. The second-order valence-corrected chi connectivity index (χ2v) is 10.3. The molecule has 1 atom stereocenters. The standard InChI is InChI=1S/C19H38O6S2/c1-4-5-6-7-8-9-10-11-12-13-14-15-16-17-19(25-27(3,22)23)18-24-26(2,20)21/h7-8,19H,4-6,9-18H2,1-3H3/b8-7-/t19-/m1/s1. The van der Waals surface area contributed by atoms with Crippen LogP contribution < -0.4 is 0 Å². The summed E-state index contributed by atoms with van der Waals surface area (Å²) in [6.07, 6.45) is 18.7. The molecule has 6 nitrogen and oxygen atoms in total. The first-order valence-electron chi connectivity index (χ1n) is 10.0. The molecule has 0 aliphatic rings. The maximum absolute atomic E-state index is 11.3. The van der Waals surface area contributed by atoms with Crippen LogP contribution in [0, 0.1) is 0 Å². The van der Waals surface area contributed by atoms with Crippen LogP contribution in [0.4, 0.5) is 0 Å². The molecule has 0 radical (unpaired) electrons. The molecule has 0 heterocycles. The molecule has 0 saturated heterocycles. The van der Waals surface area contributed by atoms with Crippen LogP contribution in [0.25, 0.3) is 0 Å². The normalized spacial score (nSPS) is 14.0. The Kier molecular flexibility index (Phi) is 15.2. The summed E-state index contributed by atoms with van der Waals surface area (Å²) in [5.74, 6) is 0. The van der Waals surface area contributed by atoms with Crippen LogP contribution in [0.1, 0.15) is 84.0 Å². The van der Waals surface area contributed by atoms with Crippen LogP contribution in [-0.4, -0.2) is 42.1 Å². The molecule has 0 rings (SSSR count). The van der Waals surface area contributed by atoms with Gasteiger partial charge in [0, 0.05) is 0 Å². The molecule has 0 aromatic carbocycles. The Bertz CT molecular complexity index is 581. The van der Waals surface area contributed by atoms with E-state index in [1.165, 1.54) is 38.5 Å². The van der Waals surface area contributed by atoms with E-state index < -0.39 is 26.3 Å². The van der Waals surface area contributed by atoms with Crippen molar-refractivity contribution in [3.63, 3.8) is 0 Å². The molecule has 0 saturated carbocycles. The van der Waals surface area contributed by atoms with Crippen LogP contribution in [-0.2, 0) is 28.6 Å². The molecule has 0 fully saturated rings. The summed E-state index contributed by atoms with van der Waals surface area (Å²) in [6.45, 7) is 1.94. The second-order valence-electron chi connectivity index (χ2n) is 7.08. The van der Waals surface area contributed by atoms with Crippen molar-refractivity contribution in [2.45, 2.75) is 90.1 Å². The lowest BCUT2D eigenvalue weighted by atomic mass is 10.1. The smallest absolute Gasteiger partial charge is 0.264 e. The van der Waals surface area contributed by atoms with Crippen LogP contribution in [0.3, 0.4) is 0 Å². The van der Waals surface area contributed by atoms with Gasteiger partial charge in [-0.3, -0.25) is 8.37 Å². The van der Waals surface area contributed by atoms with Crippen molar-refractivity contribution in [2.24, 2.45) is 0 Å². The number of unbranched alkanes of at least 4 members (excludes halogenated alkanes) is 9. The van der Waals surface area contributed by atoms with Crippen molar-refractivity contribution < 1.29 is 25.2 Å². The minimum absolute atomic E-state index is 0.266. The molecule has 162 valence electrons. The maximum Gasteiger partial charge on any atom is 0.264 e. The summed E-state index contributed by atoms with van der Waals surface area (Å²) in [5, 5.41) is 0. The Morgan fingerprint density at radius 2 is 1.26 bits per heavy atom. The first kappa shape index (κ1) is 26.6. The van der Waals surface area contributed by atoms with Gasteiger partial charge in [0.25, 0.3) is 20.2 Å². The van der Waals surface area contributed by atoms with Crippen molar-refractivity contribution in [2.75, 3.05) is 19.1 Å². The maximum atomic E-state index is 11.3. The summed E-state index contributed by atoms with van der Waals surface area (Å²) in [6, 6.07) is 0. The monoisotopic (exact) mass is 426 g/mol. The lowest BCUT2D eigenvalue weighted by molar-refractivity contribution is 0.129. The summed E-state index contributed by atoms with van der Waals surface area (Å²) < 4.78 is 54.2. The van der Waals surface area contributed by atoms with Gasteiger partial charge in [-0.15, -0.1) is 0 Å². The van der Waals surface area contributed by atoms with Crippen LogP contribution in [0.2, 0.25) is 0 Å². The molecule has 8 heteroatoms. The SMILES string of the molecule is CCCC/C=C\CCCCCCCCC[C@H](COS(C)(=O)=O)OS(C)(=O)=O. The van der Waals surface area contributed by atoms with Gasteiger partial charge in [0.1, 0.15) is 6.10 Å². The molecule has 0 amide bonds. The van der Waals surface area contributed by atoms with E-state index in [-0.39, 0.29) is 6.61 Å². The van der Waals surface area contributed by atoms with E-state index in [9.17, 15) is 16.8 Å². The molecule has 0 N–H and O–H groups in total. The number of hydrogen-bond donors (Lipinski definition) is 0. The van der Waals surface area contributed by atoms with Gasteiger partial charge in [-0.05, 0) is 25.7 Å². The van der Waals surface area contributed by atoms with Crippen molar-refractivity contribution in [3.05, 3.63) is 12.2 Å². The molecule has 0 aliphatic heterocycles. The predicted octanol–water partition coefficient (Wildman–Crippen LogP) is 4.56. The Hall–Kier alpha value is -0.440. The van der Waals surface area contributed by atoms with Gasteiger partial charge in [-0.2, -0.15) is 16.8 Å². The summed E-state index contributed by atoms with van der Waals surface area (Å²) in [5.41, 5.74) is 0. The van der Waals surface area contributed by atoms with E-state index in [1.807, 2.05) is 0 Å². The van der Waals surface area contributed by atoms with Crippen molar-refractivity contribution in [1.82, 2.24) is 0 Å².